The summed E-state index contributed by atoms with van der Waals surface area (Å²) in [5, 5.41) is 20.3. The number of rotatable bonds is 6. The number of aromatic nitrogens is 5. The molecule has 1 amide bonds. The third-order valence-electron chi connectivity index (χ3n) is 5.67. The number of nitrogens with one attached hydrogen (secondary N) is 1. The minimum atomic E-state index is -0.0526. The third-order valence-corrected chi connectivity index (χ3v) is 5.67. The quantitative estimate of drug-likeness (QED) is 0.693. The molecule has 0 saturated carbocycles. The van der Waals surface area contributed by atoms with Crippen molar-refractivity contribution < 1.29 is 4.79 Å². The number of hydrogen-bond acceptors (Lipinski definition) is 6. The van der Waals surface area contributed by atoms with Crippen LogP contribution in [-0.4, -0.2) is 49.8 Å². The standard InChI is InChI=1S/C21H27N7O/c1-4-17(5-2)22-21(29)16-7-9-19-25-26-20(28(19)13-16)15-10-11-27(12-15)18-8-6-14(3)23-24-18/h6-9,13,15,17H,4-5,10-12H2,1-3H3,(H,22,29)/t15-/m0/s1. The zero-order valence-corrected chi connectivity index (χ0v) is 17.2. The summed E-state index contributed by atoms with van der Waals surface area (Å²) in [7, 11) is 0. The monoisotopic (exact) mass is 393 g/mol. The molecule has 3 aromatic heterocycles. The largest absolute Gasteiger partial charge is 0.354 e. The minimum absolute atomic E-state index is 0.0526. The van der Waals surface area contributed by atoms with Crippen LogP contribution in [0, 0.1) is 6.92 Å². The molecular formula is C21H27N7O. The van der Waals surface area contributed by atoms with Crippen LogP contribution in [0.25, 0.3) is 5.65 Å². The molecule has 4 rings (SSSR count). The van der Waals surface area contributed by atoms with Crippen LogP contribution in [-0.2, 0) is 0 Å². The molecule has 1 N–H and O–H groups in total. The Balaban J connectivity index is 1.55. The van der Waals surface area contributed by atoms with Crippen LogP contribution >= 0.6 is 0 Å². The molecule has 0 aromatic carbocycles. The summed E-state index contributed by atoms with van der Waals surface area (Å²) in [6.45, 7) is 7.80. The first-order valence-electron chi connectivity index (χ1n) is 10.3. The number of amides is 1. The van der Waals surface area contributed by atoms with Gasteiger partial charge in [0.05, 0.1) is 11.3 Å². The number of fused-ring (bicyclic) bond motifs is 1. The van der Waals surface area contributed by atoms with Crippen molar-refractivity contribution >= 4 is 17.4 Å². The van der Waals surface area contributed by atoms with Gasteiger partial charge in [0.1, 0.15) is 5.82 Å². The second kappa shape index (κ2) is 8.14. The van der Waals surface area contributed by atoms with E-state index in [4.69, 9.17) is 0 Å². The summed E-state index contributed by atoms with van der Waals surface area (Å²) in [6, 6.07) is 7.85. The molecule has 152 valence electrons. The van der Waals surface area contributed by atoms with Crippen LogP contribution in [0.2, 0.25) is 0 Å². The van der Waals surface area contributed by atoms with Crippen LogP contribution in [0.4, 0.5) is 5.82 Å². The number of carbonyl (C=O) groups is 1. The fourth-order valence-corrected chi connectivity index (χ4v) is 3.82. The molecule has 29 heavy (non-hydrogen) atoms. The van der Waals surface area contributed by atoms with Crippen molar-refractivity contribution in [3.8, 4) is 0 Å². The average Bonchev–Trinajstić information content (AvgIpc) is 3.38. The van der Waals surface area contributed by atoms with Crippen molar-refractivity contribution in [1.29, 1.82) is 0 Å². The average molecular weight is 393 g/mol. The van der Waals surface area contributed by atoms with Gasteiger partial charge in [-0.15, -0.1) is 15.3 Å². The molecule has 1 fully saturated rings. The summed E-state index contributed by atoms with van der Waals surface area (Å²) in [6.07, 6.45) is 4.65. The van der Waals surface area contributed by atoms with Crippen molar-refractivity contribution in [1.82, 2.24) is 30.1 Å². The van der Waals surface area contributed by atoms with Crippen LogP contribution in [0.1, 0.15) is 60.9 Å². The van der Waals surface area contributed by atoms with E-state index in [0.717, 1.165) is 55.3 Å². The SMILES string of the molecule is CCC(CC)NC(=O)c1ccc2nnc([C@H]3CCN(c4ccc(C)nn4)C3)n2c1. The van der Waals surface area contributed by atoms with Gasteiger partial charge in [0.2, 0.25) is 0 Å². The molecule has 0 spiro atoms. The lowest BCUT2D eigenvalue weighted by atomic mass is 10.1. The van der Waals surface area contributed by atoms with E-state index in [1.54, 1.807) is 0 Å². The zero-order chi connectivity index (χ0) is 20.4. The van der Waals surface area contributed by atoms with E-state index in [0.29, 0.717) is 5.56 Å². The highest BCUT2D eigenvalue weighted by Gasteiger charge is 2.29. The fraction of sp³-hybridized carbons (Fsp3) is 0.476. The molecule has 0 radical (unpaired) electrons. The van der Waals surface area contributed by atoms with E-state index in [9.17, 15) is 4.79 Å². The van der Waals surface area contributed by atoms with Gasteiger partial charge >= 0.3 is 0 Å². The van der Waals surface area contributed by atoms with Gasteiger partial charge in [0.25, 0.3) is 5.91 Å². The first-order chi connectivity index (χ1) is 14.1. The van der Waals surface area contributed by atoms with Crippen molar-refractivity contribution in [3.63, 3.8) is 0 Å². The normalized spacial score (nSPS) is 16.7. The predicted molar refractivity (Wildman–Crippen MR) is 111 cm³/mol. The van der Waals surface area contributed by atoms with Gasteiger partial charge in [-0.05, 0) is 50.5 Å². The maximum Gasteiger partial charge on any atom is 0.252 e. The van der Waals surface area contributed by atoms with E-state index >= 15 is 0 Å². The first-order valence-corrected chi connectivity index (χ1v) is 10.3. The Hall–Kier alpha value is -3.03. The highest BCUT2D eigenvalue weighted by molar-refractivity contribution is 5.94. The van der Waals surface area contributed by atoms with Gasteiger partial charge in [-0.1, -0.05) is 13.8 Å². The van der Waals surface area contributed by atoms with Crippen LogP contribution in [0.15, 0.2) is 30.5 Å². The predicted octanol–water partition coefficient (Wildman–Crippen LogP) is 2.74. The summed E-state index contributed by atoms with van der Waals surface area (Å²) in [5.74, 6) is 1.95. The zero-order valence-electron chi connectivity index (χ0n) is 17.2. The summed E-state index contributed by atoms with van der Waals surface area (Å²) < 4.78 is 1.96. The molecule has 0 bridgehead atoms. The second-order valence-corrected chi connectivity index (χ2v) is 7.66. The fourth-order valence-electron chi connectivity index (χ4n) is 3.82. The van der Waals surface area contributed by atoms with Crippen molar-refractivity contribution in [2.75, 3.05) is 18.0 Å². The molecule has 1 atom stereocenters. The Morgan fingerprint density at radius 2 is 1.97 bits per heavy atom. The van der Waals surface area contributed by atoms with Gasteiger partial charge < -0.3 is 10.2 Å². The summed E-state index contributed by atoms with van der Waals surface area (Å²) in [4.78, 5) is 14.9. The summed E-state index contributed by atoms with van der Waals surface area (Å²) >= 11 is 0. The number of pyridine rings is 1. The molecule has 4 heterocycles. The second-order valence-electron chi connectivity index (χ2n) is 7.66. The summed E-state index contributed by atoms with van der Waals surface area (Å²) in [5.41, 5.74) is 2.30. The topological polar surface area (TPSA) is 88.3 Å². The lowest BCUT2D eigenvalue weighted by Gasteiger charge is -2.16. The number of hydrogen-bond donors (Lipinski definition) is 1. The van der Waals surface area contributed by atoms with Crippen molar-refractivity contribution in [2.24, 2.45) is 0 Å². The Kier molecular flexibility index (Phi) is 5.42. The van der Waals surface area contributed by atoms with E-state index < -0.39 is 0 Å². The van der Waals surface area contributed by atoms with E-state index in [1.807, 2.05) is 41.8 Å². The van der Waals surface area contributed by atoms with E-state index in [-0.39, 0.29) is 17.9 Å². The first kappa shape index (κ1) is 19.3. The third kappa shape index (κ3) is 3.92. The highest BCUT2D eigenvalue weighted by Crippen LogP contribution is 2.29. The Bertz CT molecular complexity index is 994. The van der Waals surface area contributed by atoms with E-state index in [2.05, 4.69) is 44.5 Å². The lowest BCUT2D eigenvalue weighted by molar-refractivity contribution is 0.0934. The molecule has 8 heteroatoms. The minimum Gasteiger partial charge on any atom is -0.354 e. The number of aryl methyl sites for hydroxylation is 1. The van der Waals surface area contributed by atoms with Gasteiger partial charge in [-0.3, -0.25) is 9.20 Å². The Labute approximate surface area is 170 Å². The van der Waals surface area contributed by atoms with Gasteiger partial charge in [-0.25, -0.2) is 0 Å². The molecule has 1 aliphatic rings. The molecule has 1 aliphatic heterocycles. The molecule has 0 aliphatic carbocycles. The molecule has 1 saturated heterocycles. The number of carbonyl (C=O) groups excluding carboxylic acids is 1. The van der Waals surface area contributed by atoms with Crippen LogP contribution < -0.4 is 10.2 Å². The van der Waals surface area contributed by atoms with Gasteiger partial charge in [0, 0.05) is 31.2 Å². The highest BCUT2D eigenvalue weighted by atomic mass is 16.1. The smallest absolute Gasteiger partial charge is 0.252 e. The maximum absolute atomic E-state index is 12.6. The van der Waals surface area contributed by atoms with Crippen molar-refractivity contribution in [2.45, 2.75) is 52.0 Å². The van der Waals surface area contributed by atoms with Crippen LogP contribution in [0.3, 0.4) is 0 Å². The number of anilines is 1. The Morgan fingerprint density at radius 1 is 1.14 bits per heavy atom. The van der Waals surface area contributed by atoms with Crippen molar-refractivity contribution in [3.05, 3.63) is 47.5 Å². The van der Waals surface area contributed by atoms with E-state index in [1.165, 1.54) is 0 Å². The molecular weight excluding hydrogens is 366 g/mol. The van der Waals surface area contributed by atoms with Crippen LogP contribution in [0.5, 0.6) is 0 Å². The number of nitrogens with zero attached hydrogens (tertiary/aromatic N) is 6. The van der Waals surface area contributed by atoms with Gasteiger partial charge in [-0.2, -0.15) is 5.10 Å². The maximum atomic E-state index is 12.6. The molecule has 0 unspecified atom stereocenters. The Morgan fingerprint density at radius 3 is 2.69 bits per heavy atom. The van der Waals surface area contributed by atoms with Gasteiger partial charge in [0.15, 0.2) is 11.5 Å². The molecule has 3 aromatic rings. The lowest BCUT2D eigenvalue weighted by Crippen LogP contribution is -2.33. The molecule has 8 nitrogen and oxygen atoms in total.